The summed E-state index contributed by atoms with van der Waals surface area (Å²) in [6.07, 6.45) is 0.261. The van der Waals surface area contributed by atoms with Gasteiger partial charge < -0.3 is 9.53 Å². The lowest BCUT2D eigenvalue weighted by molar-refractivity contribution is -0.112. The lowest BCUT2D eigenvalue weighted by Gasteiger charge is -2.31. The maximum atomic E-state index is 12.3. The Morgan fingerprint density at radius 2 is 1.59 bits per heavy atom. The molecule has 0 spiro atoms. The van der Waals surface area contributed by atoms with E-state index < -0.39 is 12.1 Å². The highest BCUT2D eigenvalue weighted by Crippen LogP contribution is 2.46. The van der Waals surface area contributed by atoms with Crippen LogP contribution in [0, 0.1) is 0 Å². The zero-order valence-corrected chi connectivity index (χ0v) is 12.5. The average Bonchev–Trinajstić information content (AvgIpc) is 2.90. The molecule has 0 bridgehead atoms. The minimum atomic E-state index is -0.573. The molecule has 0 aromatic heterocycles. The fraction of sp³-hybridized carbons (Fsp3) is 0.222. The van der Waals surface area contributed by atoms with Gasteiger partial charge in [-0.05, 0) is 29.2 Å². The van der Waals surface area contributed by atoms with E-state index in [-0.39, 0.29) is 6.04 Å². The van der Waals surface area contributed by atoms with Gasteiger partial charge in [-0.3, -0.25) is 4.90 Å². The fourth-order valence-electron chi connectivity index (χ4n) is 3.11. The number of aldehydes is 1. The molecular weight excluding hydrogens is 278 g/mol. The Morgan fingerprint density at radius 1 is 1.09 bits per heavy atom. The zero-order valence-electron chi connectivity index (χ0n) is 12.5. The Kier molecular flexibility index (Phi) is 3.67. The van der Waals surface area contributed by atoms with E-state index >= 15 is 0 Å². The number of methoxy groups -OCH3 is 1. The van der Waals surface area contributed by atoms with Crippen LogP contribution < -0.4 is 0 Å². The van der Waals surface area contributed by atoms with Crippen LogP contribution in [0.2, 0.25) is 0 Å². The first-order valence-corrected chi connectivity index (χ1v) is 7.18. The number of benzene rings is 2. The second kappa shape index (κ2) is 5.64. The number of rotatable bonds is 3. The smallest absolute Gasteiger partial charge is 0.410 e. The zero-order chi connectivity index (χ0) is 15.7. The molecule has 1 unspecified atom stereocenters. The molecule has 3 rings (SSSR count). The molecule has 2 aromatic carbocycles. The molecule has 1 atom stereocenters. The Hall–Kier alpha value is -2.62. The summed E-state index contributed by atoms with van der Waals surface area (Å²) in [6.45, 7) is 1.70. The number of hydrogen-bond donors (Lipinski definition) is 0. The van der Waals surface area contributed by atoms with Crippen molar-refractivity contribution in [2.24, 2.45) is 0 Å². The summed E-state index contributed by atoms with van der Waals surface area (Å²) in [5.41, 5.74) is 4.22. The molecule has 112 valence electrons. The Labute approximate surface area is 129 Å². The SMILES string of the molecule is COC(=O)N(C(C)C=O)C1c2ccccc2-c2ccccc21. The predicted molar refractivity (Wildman–Crippen MR) is 83.5 cm³/mol. The molecule has 4 heteroatoms. The van der Waals surface area contributed by atoms with Crippen LogP contribution in [-0.4, -0.2) is 30.4 Å². The summed E-state index contributed by atoms with van der Waals surface area (Å²) in [5.74, 6) is 0. The Balaban J connectivity index is 2.20. The van der Waals surface area contributed by atoms with E-state index in [1.165, 1.54) is 12.0 Å². The van der Waals surface area contributed by atoms with Crippen molar-refractivity contribution in [3.05, 3.63) is 59.7 Å². The van der Waals surface area contributed by atoms with Gasteiger partial charge in [0.15, 0.2) is 0 Å². The van der Waals surface area contributed by atoms with Crippen molar-refractivity contribution in [2.75, 3.05) is 7.11 Å². The number of fused-ring (bicyclic) bond motifs is 3. The van der Waals surface area contributed by atoms with E-state index in [1.807, 2.05) is 48.5 Å². The molecular formula is C18H17NO3. The Bertz CT molecular complexity index is 680. The van der Waals surface area contributed by atoms with Crippen molar-refractivity contribution in [2.45, 2.75) is 19.0 Å². The highest BCUT2D eigenvalue weighted by molar-refractivity contribution is 5.82. The van der Waals surface area contributed by atoms with Gasteiger partial charge in [0.05, 0.1) is 19.2 Å². The molecule has 4 nitrogen and oxygen atoms in total. The predicted octanol–water partition coefficient (Wildman–Crippen LogP) is 3.41. The van der Waals surface area contributed by atoms with E-state index in [2.05, 4.69) is 0 Å². The molecule has 0 saturated heterocycles. The van der Waals surface area contributed by atoms with E-state index in [0.29, 0.717) is 0 Å². The average molecular weight is 295 g/mol. The largest absolute Gasteiger partial charge is 0.453 e. The maximum Gasteiger partial charge on any atom is 0.410 e. The van der Waals surface area contributed by atoms with Crippen LogP contribution in [0.25, 0.3) is 11.1 Å². The van der Waals surface area contributed by atoms with Gasteiger partial charge in [-0.15, -0.1) is 0 Å². The third-order valence-corrected chi connectivity index (χ3v) is 4.10. The quantitative estimate of drug-likeness (QED) is 0.815. The van der Waals surface area contributed by atoms with Crippen LogP contribution in [0.15, 0.2) is 48.5 Å². The van der Waals surface area contributed by atoms with Crippen molar-refractivity contribution >= 4 is 12.4 Å². The highest BCUT2D eigenvalue weighted by atomic mass is 16.5. The third-order valence-electron chi connectivity index (χ3n) is 4.10. The van der Waals surface area contributed by atoms with Gasteiger partial charge in [0.25, 0.3) is 0 Å². The van der Waals surface area contributed by atoms with Gasteiger partial charge in [0.2, 0.25) is 0 Å². The van der Waals surface area contributed by atoms with Crippen LogP contribution in [0.4, 0.5) is 4.79 Å². The van der Waals surface area contributed by atoms with Gasteiger partial charge in [-0.2, -0.15) is 0 Å². The second-order valence-corrected chi connectivity index (χ2v) is 5.33. The maximum absolute atomic E-state index is 12.3. The molecule has 1 aliphatic rings. The summed E-state index contributed by atoms with van der Waals surface area (Å²) in [7, 11) is 1.33. The molecule has 1 aliphatic carbocycles. The Morgan fingerprint density at radius 3 is 2.05 bits per heavy atom. The van der Waals surface area contributed by atoms with E-state index in [1.54, 1.807) is 6.92 Å². The first-order valence-electron chi connectivity index (χ1n) is 7.18. The van der Waals surface area contributed by atoms with E-state index in [9.17, 15) is 9.59 Å². The summed E-state index contributed by atoms with van der Waals surface area (Å²) in [6, 6.07) is 15.0. The molecule has 0 heterocycles. The van der Waals surface area contributed by atoms with E-state index in [4.69, 9.17) is 4.74 Å². The van der Waals surface area contributed by atoms with E-state index in [0.717, 1.165) is 28.5 Å². The summed E-state index contributed by atoms with van der Waals surface area (Å²) >= 11 is 0. The van der Waals surface area contributed by atoms with Crippen LogP contribution >= 0.6 is 0 Å². The summed E-state index contributed by atoms with van der Waals surface area (Å²) < 4.78 is 4.91. The first-order chi connectivity index (χ1) is 10.7. The summed E-state index contributed by atoms with van der Waals surface area (Å²) in [4.78, 5) is 25.1. The third kappa shape index (κ3) is 2.08. The molecule has 0 saturated carbocycles. The number of nitrogens with zero attached hydrogens (tertiary/aromatic N) is 1. The second-order valence-electron chi connectivity index (χ2n) is 5.33. The number of ether oxygens (including phenoxy) is 1. The monoisotopic (exact) mass is 295 g/mol. The van der Waals surface area contributed by atoms with Gasteiger partial charge in [0.1, 0.15) is 6.29 Å². The highest BCUT2D eigenvalue weighted by Gasteiger charge is 2.37. The number of amides is 1. The molecule has 0 radical (unpaired) electrons. The van der Waals surface area contributed by atoms with Gasteiger partial charge >= 0.3 is 6.09 Å². The number of carbonyl (C=O) groups is 2. The van der Waals surface area contributed by atoms with Crippen LogP contribution in [0.1, 0.15) is 24.1 Å². The minimum absolute atomic E-state index is 0.306. The minimum Gasteiger partial charge on any atom is -0.453 e. The normalized spacial score (nSPS) is 13.9. The van der Waals surface area contributed by atoms with Gasteiger partial charge in [0, 0.05) is 0 Å². The topological polar surface area (TPSA) is 46.6 Å². The van der Waals surface area contributed by atoms with Crippen LogP contribution in [-0.2, 0) is 9.53 Å². The molecule has 22 heavy (non-hydrogen) atoms. The molecule has 2 aromatic rings. The standard InChI is InChI=1S/C18H17NO3/c1-12(11-20)19(18(21)22-2)17-15-9-5-3-7-13(15)14-8-4-6-10-16(14)17/h3-12,17H,1-2H3. The first kappa shape index (κ1) is 14.3. The van der Waals surface area contributed by atoms with Crippen molar-refractivity contribution < 1.29 is 14.3 Å². The molecule has 0 aliphatic heterocycles. The molecule has 0 N–H and O–H groups in total. The number of carbonyl (C=O) groups excluding carboxylic acids is 2. The lowest BCUT2D eigenvalue weighted by atomic mass is 10.0. The molecule has 0 fully saturated rings. The summed E-state index contributed by atoms with van der Waals surface area (Å²) in [5, 5.41) is 0. The van der Waals surface area contributed by atoms with Crippen LogP contribution in [0.3, 0.4) is 0 Å². The van der Waals surface area contributed by atoms with Crippen molar-refractivity contribution in [1.29, 1.82) is 0 Å². The van der Waals surface area contributed by atoms with Gasteiger partial charge in [-0.1, -0.05) is 48.5 Å². The molecule has 1 amide bonds. The van der Waals surface area contributed by atoms with Crippen molar-refractivity contribution in [1.82, 2.24) is 4.90 Å². The van der Waals surface area contributed by atoms with Crippen molar-refractivity contribution in [3.63, 3.8) is 0 Å². The van der Waals surface area contributed by atoms with Crippen LogP contribution in [0.5, 0.6) is 0 Å². The number of hydrogen-bond acceptors (Lipinski definition) is 3. The van der Waals surface area contributed by atoms with Crippen molar-refractivity contribution in [3.8, 4) is 11.1 Å². The van der Waals surface area contributed by atoms with Gasteiger partial charge in [-0.25, -0.2) is 4.79 Å². The fourth-order valence-corrected chi connectivity index (χ4v) is 3.11. The lowest BCUT2D eigenvalue weighted by Crippen LogP contribution is -2.42.